The quantitative estimate of drug-likeness (QED) is 0.759. The molecule has 0 amide bonds. The molecule has 0 unspecified atom stereocenters. The maximum absolute atomic E-state index is 13.2. The van der Waals surface area contributed by atoms with E-state index in [2.05, 4.69) is 9.97 Å². The van der Waals surface area contributed by atoms with Gasteiger partial charge in [0.15, 0.2) is 0 Å². The fourth-order valence-electron chi connectivity index (χ4n) is 3.26. The number of nitrogens with zero attached hydrogens (tertiary/aromatic N) is 2. The number of para-hydroxylation sites is 1. The van der Waals surface area contributed by atoms with Gasteiger partial charge in [-0.05, 0) is 36.2 Å². The van der Waals surface area contributed by atoms with Crippen molar-refractivity contribution in [3.63, 3.8) is 0 Å². The van der Waals surface area contributed by atoms with Crippen molar-refractivity contribution in [1.82, 2.24) is 9.97 Å². The third kappa shape index (κ3) is 2.55. The first-order valence-corrected chi connectivity index (χ1v) is 7.81. The predicted molar refractivity (Wildman–Crippen MR) is 89.5 cm³/mol. The van der Waals surface area contributed by atoms with Crippen LogP contribution in [-0.4, -0.2) is 27.7 Å². The number of hydrogen-bond acceptors (Lipinski definition) is 4. The van der Waals surface area contributed by atoms with Crippen molar-refractivity contribution < 1.29 is 9.50 Å². The molecule has 0 bridgehead atoms. The fraction of sp³-hybridized carbons (Fsp3) is 0.222. The summed E-state index contributed by atoms with van der Waals surface area (Å²) in [5.74, 6) is 0.116. The zero-order valence-corrected chi connectivity index (χ0v) is 12.8. The Labute approximate surface area is 137 Å². The summed E-state index contributed by atoms with van der Waals surface area (Å²) in [5.41, 5.74) is 1.27. The molecule has 4 rings (SSSR count). The highest BCUT2D eigenvalue weighted by atomic mass is 19.1. The number of aromatic amines is 1. The Hall–Kier alpha value is -2.73. The molecule has 0 spiro atoms. The van der Waals surface area contributed by atoms with Crippen molar-refractivity contribution in [2.75, 3.05) is 11.4 Å². The maximum atomic E-state index is 13.2. The van der Waals surface area contributed by atoms with Gasteiger partial charge in [-0.25, -0.2) is 9.37 Å². The van der Waals surface area contributed by atoms with Gasteiger partial charge in [0.25, 0.3) is 5.56 Å². The van der Waals surface area contributed by atoms with Crippen molar-refractivity contribution in [2.45, 2.75) is 18.6 Å². The number of rotatable bonds is 2. The van der Waals surface area contributed by atoms with Crippen LogP contribution in [0.2, 0.25) is 0 Å². The Morgan fingerprint density at radius 3 is 2.71 bits per heavy atom. The maximum Gasteiger partial charge on any atom is 0.260 e. The van der Waals surface area contributed by atoms with Gasteiger partial charge in [-0.15, -0.1) is 0 Å². The van der Waals surface area contributed by atoms with E-state index in [4.69, 9.17) is 0 Å². The lowest BCUT2D eigenvalue weighted by molar-refractivity contribution is 0.194. The minimum atomic E-state index is -0.531. The molecule has 24 heavy (non-hydrogen) atoms. The third-order valence-corrected chi connectivity index (χ3v) is 4.41. The molecule has 2 heterocycles. The largest absolute Gasteiger partial charge is 0.391 e. The van der Waals surface area contributed by atoms with Crippen LogP contribution in [-0.2, 0) is 0 Å². The Morgan fingerprint density at radius 1 is 1.17 bits per heavy atom. The molecule has 2 N–H and O–H groups in total. The Balaban J connectivity index is 1.79. The summed E-state index contributed by atoms with van der Waals surface area (Å²) in [6, 6.07) is 13.2. The molecule has 1 fully saturated rings. The van der Waals surface area contributed by atoms with E-state index in [1.165, 1.54) is 12.1 Å². The van der Waals surface area contributed by atoms with Crippen molar-refractivity contribution in [3.8, 4) is 0 Å². The standard InChI is InChI=1S/C18H16FN3O2/c19-12-7-5-11(6-8-12)16-9-13(23)10-22(16)18-20-15-4-2-1-3-14(15)17(24)21-18/h1-8,13,16,23H,9-10H2,(H,20,21,24)/t13-,16-/m0/s1. The van der Waals surface area contributed by atoms with E-state index >= 15 is 0 Å². The van der Waals surface area contributed by atoms with Crippen LogP contribution in [0.1, 0.15) is 18.0 Å². The normalized spacial score (nSPS) is 20.7. The van der Waals surface area contributed by atoms with Crippen molar-refractivity contribution in [2.24, 2.45) is 0 Å². The number of anilines is 1. The molecule has 2 atom stereocenters. The molecule has 2 aromatic carbocycles. The van der Waals surface area contributed by atoms with Crippen molar-refractivity contribution in [3.05, 3.63) is 70.3 Å². The van der Waals surface area contributed by atoms with E-state index in [0.29, 0.717) is 29.8 Å². The minimum absolute atomic E-state index is 0.162. The number of halogens is 1. The molecule has 3 aromatic rings. The third-order valence-electron chi connectivity index (χ3n) is 4.41. The zero-order valence-electron chi connectivity index (χ0n) is 12.8. The summed E-state index contributed by atoms with van der Waals surface area (Å²) in [6.07, 6.45) is -0.0286. The molecular weight excluding hydrogens is 309 g/mol. The van der Waals surface area contributed by atoms with Gasteiger partial charge < -0.3 is 10.0 Å². The first-order chi connectivity index (χ1) is 11.6. The molecule has 0 radical (unpaired) electrons. The van der Waals surface area contributed by atoms with E-state index in [-0.39, 0.29) is 17.4 Å². The zero-order chi connectivity index (χ0) is 16.7. The summed E-state index contributed by atoms with van der Waals surface area (Å²) in [7, 11) is 0. The number of aliphatic hydroxyl groups is 1. The topological polar surface area (TPSA) is 69.2 Å². The summed E-state index contributed by atoms with van der Waals surface area (Å²) < 4.78 is 13.2. The second-order valence-corrected chi connectivity index (χ2v) is 6.02. The molecule has 6 heteroatoms. The van der Waals surface area contributed by atoms with Crippen LogP contribution in [0.25, 0.3) is 10.9 Å². The van der Waals surface area contributed by atoms with Crippen LogP contribution >= 0.6 is 0 Å². The smallest absolute Gasteiger partial charge is 0.260 e. The second-order valence-electron chi connectivity index (χ2n) is 6.02. The average molecular weight is 325 g/mol. The highest BCUT2D eigenvalue weighted by Gasteiger charge is 2.33. The van der Waals surface area contributed by atoms with Crippen LogP contribution in [0.3, 0.4) is 0 Å². The van der Waals surface area contributed by atoms with Crippen molar-refractivity contribution >= 4 is 16.9 Å². The van der Waals surface area contributed by atoms with Crippen LogP contribution in [0, 0.1) is 5.82 Å². The number of nitrogens with one attached hydrogen (secondary N) is 1. The van der Waals surface area contributed by atoms with Gasteiger partial charge in [0.2, 0.25) is 5.95 Å². The highest BCUT2D eigenvalue weighted by Crippen LogP contribution is 2.34. The lowest BCUT2D eigenvalue weighted by atomic mass is 10.0. The van der Waals surface area contributed by atoms with Crippen molar-refractivity contribution in [1.29, 1.82) is 0 Å². The molecule has 1 aliphatic heterocycles. The first kappa shape index (κ1) is 14.8. The van der Waals surface area contributed by atoms with E-state index in [9.17, 15) is 14.3 Å². The van der Waals surface area contributed by atoms with Gasteiger partial charge in [-0.2, -0.15) is 0 Å². The number of hydrogen-bond donors (Lipinski definition) is 2. The van der Waals surface area contributed by atoms with Crippen LogP contribution < -0.4 is 10.5 Å². The van der Waals surface area contributed by atoms with Gasteiger partial charge in [0, 0.05) is 6.54 Å². The van der Waals surface area contributed by atoms with E-state index in [1.807, 2.05) is 11.0 Å². The average Bonchev–Trinajstić information content (AvgIpc) is 2.97. The van der Waals surface area contributed by atoms with E-state index in [1.54, 1.807) is 30.3 Å². The van der Waals surface area contributed by atoms with Gasteiger partial charge >= 0.3 is 0 Å². The Bertz CT molecular complexity index is 939. The van der Waals surface area contributed by atoms with Gasteiger partial charge in [-0.1, -0.05) is 24.3 Å². The number of H-pyrrole nitrogens is 1. The molecule has 1 saturated heterocycles. The summed E-state index contributed by atoms with van der Waals surface area (Å²) >= 11 is 0. The van der Waals surface area contributed by atoms with Gasteiger partial charge in [-0.3, -0.25) is 9.78 Å². The number of aromatic nitrogens is 2. The Morgan fingerprint density at radius 2 is 1.92 bits per heavy atom. The number of fused-ring (bicyclic) bond motifs is 1. The molecule has 1 aromatic heterocycles. The lowest BCUT2D eigenvalue weighted by Crippen LogP contribution is -2.28. The molecule has 0 saturated carbocycles. The molecule has 0 aliphatic carbocycles. The van der Waals surface area contributed by atoms with E-state index < -0.39 is 6.10 Å². The van der Waals surface area contributed by atoms with E-state index in [0.717, 1.165) is 5.56 Å². The second kappa shape index (κ2) is 5.72. The van der Waals surface area contributed by atoms with Gasteiger partial charge in [0.1, 0.15) is 5.82 Å². The summed E-state index contributed by atoms with van der Waals surface area (Å²) in [4.78, 5) is 21.5. The fourth-order valence-corrected chi connectivity index (χ4v) is 3.26. The highest BCUT2D eigenvalue weighted by molar-refractivity contribution is 5.78. The number of benzene rings is 2. The number of β-amino-alcohol motifs (C(OH)–C–C–N with tert-alkyl or cyclic N) is 1. The molecule has 122 valence electrons. The summed E-state index contributed by atoms with van der Waals surface area (Å²) in [5, 5.41) is 10.6. The predicted octanol–water partition coefficient (Wildman–Crippen LogP) is 2.37. The molecular formula is C18H16FN3O2. The van der Waals surface area contributed by atoms with Crippen LogP contribution in [0.4, 0.5) is 10.3 Å². The van der Waals surface area contributed by atoms with Crippen LogP contribution in [0.15, 0.2) is 53.3 Å². The molecule has 1 aliphatic rings. The SMILES string of the molecule is O=c1[nH]c(N2C[C@@H](O)C[C@H]2c2ccc(F)cc2)nc2ccccc12. The summed E-state index contributed by atoms with van der Waals surface area (Å²) in [6.45, 7) is 0.364. The first-order valence-electron chi connectivity index (χ1n) is 7.81. The Kier molecular flexibility index (Phi) is 3.54. The van der Waals surface area contributed by atoms with Crippen LogP contribution in [0.5, 0.6) is 0 Å². The lowest BCUT2D eigenvalue weighted by Gasteiger charge is -2.25. The monoisotopic (exact) mass is 325 g/mol. The number of aliphatic hydroxyl groups excluding tert-OH is 1. The molecule has 5 nitrogen and oxygen atoms in total. The minimum Gasteiger partial charge on any atom is -0.391 e. The van der Waals surface area contributed by atoms with Gasteiger partial charge in [0.05, 0.1) is 23.0 Å².